The van der Waals surface area contributed by atoms with Crippen LogP contribution in [0.25, 0.3) is 0 Å². The molecule has 0 bridgehead atoms. The molecule has 18 heavy (non-hydrogen) atoms. The molecule has 106 valence electrons. The molecule has 0 saturated carbocycles. The van der Waals surface area contributed by atoms with Crippen LogP contribution in [0.4, 0.5) is 0 Å². The van der Waals surface area contributed by atoms with Crippen LogP contribution < -0.4 is 0 Å². The molecule has 0 spiro atoms. The summed E-state index contributed by atoms with van der Waals surface area (Å²) in [6.07, 6.45) is 12.2. The Bertz CT molecular complexity index is 248. The molecule has 1 unspecified atom stereocenters. The second-order valence-corrected chi connectivity index (χ2v) is 5.97. The summed E-state index contributed by atoms with van der Waals surface area (Å²) < 4.78 is 0. The van der Waals surface area contributed by atoms with Crippen LogP contribution in [0.1, 0.15) is 67.7 Å². The predicted molar refractivity (Wildman–Crippen MR) is 86.9 cm³/mol. The van der Waals surface area contributed by atoms with E-state index < -0.39 is 0 Å². The molecular formula is C18H34. The third kappa shape index (κ3) is 11.7. The first-order valence-electron chi connectivity index (χ1n) is 7.33. The first kappa shape index (κ1) is 19.6. The highest BCUT2D eigenvalue weighted by atomic mass is 14.2. The van der Waals surface area contributed by atoms with Gasteiger partial charge in [0.2, 0.25) is 0 Å². The van der Waals surface area contributed by atoms with Gasteiger partial charge < -0.3 is 0 Å². The minimum atomic E-state index is 0.208. The van der Waals surface area contributed by atoms with Crippen molar-refractivity contribution in [3.63, 3.8) is 0 Å². The lowest BCUT2D eigenvalue weighted by molar-refractivity contribution is 0.515. The molecular weight excluding hydrogens is 216 g/mol. The second-order valence-electron chi connectivity index (χ2n) is 5.97. The van der Waals surface area contributed by atoms with Crippen molar-refractivity contribution < 1.29 is 0 Å². The van der Waals surface area contributed by atoms with Crippen molar-refractivity contribution in [1.82, 2.24) is 0 Å². The zero-order valence-corrected chi connectivity index (χ0v) is 13.7. The van der Waals surface area contributed by atoms with E-state index in [1.807, 2.05) is 6.08 Å². The molecule has 1 atom stereocenters. The third-order valence-corrected chi connectivity index (χ3v) is 2.70. The molecule has 0 rings (SSSR count). The van der Waals surface area contributed by atoms with Crippen molar-refractivity contribution in [3.8, 4) is 0 Å². The zero-order valence-electron chi connectivity index (χ0n) is 13.7. The van der Waals surface area contributed by atoms with E-state index in [-0.39, 0.29) is 5.41 Å². The van der Waals surface area contributed by atoms with Gasteiger partial charge in [0, 0.05) is 0 Å². The van der Waals surface area contributed by atoms with Crippen LogP contribution in [-0.2, 0) is 0 Å². The van der Waals surface area contributed by atoms with Gasteiger partial charge in [-0.05, 0) is 23.3 Å². The van der Waals surface area contributed by atoms with Crippen molar-refractivity contribution in [1.29, 1.82) is 0 Å². The predicted octanol–water partition coefficient (Wildman–Crippen LogP) is 6.55. The largest absolute Gasteiger partial charge is 0.0991 e. The van der Waals surface area contributed by atoms with Gasteiger partial charge in [0.1, 0.15) is 0 Å². The topological polar surface area (TPSA) is 0 Å². The first-order chi connectivity index (χ1) is 8.33. The van der Waals surface area contributed by atoms with E-state index in [9.17, 15) is 0 Å². The van der Waals surface area contributed by atoms with Gasteiger partial charge in [-0.15, -0.1) is 0 Å². The van der Waals surface area contributed by atoms with Crippen LogP contribution in [0.15, 0.2) is 36.5 Å². The summed E-state index contributed by atoms with van der Waals surface area (Å²) >= 11 is 0. The highest BCUT2D eigenvalue weighted by molar-refractivity contribution is 5.28. The van der Waals surface area contributed by atoms with Crippen molar-refractivity contribution in [2.24, 2.45) is 11.3 Å². The average molecular weight is 250 g/mol. The molecule has 0 aromatic rings. The maximum absolute atomic E-state index is 3.76. The summed E-state index contributed by atoms with van der Waals surface area (Å²) in [6, 6.07) is 0. The summed E-state index contributed by atoms with van der Waals surface area (Å²) in [5, 5.41) is 0. The molecule has 0 N–H and O–H groups in total. The minimum Gasteiger partial charge on any atom is -0.0991 e. The molecule has 0 nitrogen and oxygen atoms in total. The summed E-state index contributed by atoms with van der Waals surface area (Å²) in [6.45, 7) is 19.2. The zero-order chi connectivity index (χ0) is 14.6. The van der Waals surface area contributed by atoms with E-state index in [0.717, 1.165) is 5.92 Å². The van der Waals surface area contributed by atoms with Crippen LogP contribution in [0.5, 0.6) is 0 Å². The van der Waals surface area contributed by atoms with E-state index in [0.29, 0.717) is 0 Å². The Morgan fingerprint density at radius 3 is 2.00 bits per heavy atom. The van der Waals surface area contributed by atoms with Crippen molar-refractivity contribution >= 4 is 0 Å². The number of allylic oxidation sites excluding steroid dienone is 5. The Kier molecular flexibility index (Phi) is 12.3. The van der Waals surface area contributed by atoms with Gasteiger partial charge in [-0.25, -0.2) is 0 Å². The SMILES string of the molecule is C=C/C=C(\C=C/CC(C)CC)C(C)(C)C.CCC. The normalized spacial score (nSPS) is 14.1. The lowest BCUT2D eigenvalue weighted by Crippen LogP contribution is -2.07. The average Bonchev–Trinajstić information content (AvgIpc) is 2.27. The molecule has 0 aromatic carbocycles. The summed E-state index contributed by atoms with van der Waals surface area (Å²) in [7, 11) is 0. The Hall–Kier alpha value is -0.780. The Balaban J connectivity index is 0. The van der Waals surface area contributed by atoms with E-state index in [2.05, 4.69) is 73.3 Å². The second kappa shape index (κ2) is 11.3. The van der Waals surface area contributed by atoms with E-state index in [1.54, 1.807) is 0 Å². The first-order valence-corrected chi connectivity index (χ1v) is 7.33. The Morgan fingerprint density at radius 1 is 1.17 bits per heavy atom. The van der Waals surface area contributed by atoms with Crippen LogP contribution in [-0.4, -0.2) is 0 Å². The smallest absolute Gasteiger partial charge is 0.0132 e. The highest BCUT2D eigenvalue weighted by Crippen LogP contribution is 2.26. The maximum atomic E-state index is 3.76. The molecule has 0 saturated heterocycles. The summed E-state index contributed by atoms with van der Waals surface area (Å²) in [5.41, 5.74) is 1.56. The van der Waals surface area contributed by atoms with Gasteiger partial charge in [0.15, 0.2) is 0 Å². The quantitative estimate of drug-likeness (QED) is 0.485. The van der Waals surface area contributed by atoms with Gasteiger partial charge in [0.05, 0.1) is 0 Å². The monoisotopic (exact) mass is 250 g/mol. The van der Waals surface area contributed by atoms with Gasteiger partial charge in [-0.3, -0.25) is 0 Å². The molecule has 0 aliphatic carbocycles. The fourth-order valence-corrected chi connectivity index (χ4v) is 1.28. The van der Waals surface area contributed by atoms with E-state index in [4.69, 9.17) is 0 Å². The van der Waals surface area contributed by atoms with E-state index in [1.165, 1.54) is 24.8 Å². The molecule has 0 aliphatic rings. The molecule has 0 fully saturated rings. The molecule has 0 heterocycles. The lowest BCUT2D eigenvalue weighted by Gasteiger charge is -2.20. The van der Waals surface area contributed by atoms with Gasteiger partial charge >= 0.3 is 0 Å². The molecule has 0 heteroatoms. The number of hydrogen-bond acceptors (Lipinski definition) is 0. The summed E-state index contributed by atoms with van der Waals surface area (Å²) in [5.74, 6) is 0.784. The van der Waals surface area contributed by atoms with Crippen molar-refractivity contribution in [2.45, 2.75) is 67.7 Å². The van der Waals surface area contributed by atoms with Crippen LogP contribution >= 0.6 is 0 Å². The summed E-state index contributed by atoms with van der Waals surface area (Å²) in [4.78, 5) is 0. The van der Waals surface area contributed by atoms with Crippen molar-refractivity contribution in [2.75, 3.05) is 0 Å². The fourth-order valence-electron chi connectivity index (χ4n) is 1.28. The maximum Gasteiger partial charge on any atom is -0.0132 e. The minimum absolute atomic E-state index is 0.208. The molecule has 0 aromatic heterocycles. The molecule has 0 radical (unpaired) electrons. The number of hydrogen-bond donors (Lipinski definition) is 0. The molecule has 0 aliphatic heterocycles. The van der Waals surface area contributed by atoms with Gasteiger partial charge in [-0.2, -0.15) is 0 Å². The van der Waals surface area contributed by atoms with Gasteiger partial charge in [-0.1, -0.05) is 92.2 Å². The van der Waals surface area contributed by atoms with Crippen LogP contribution in [0.2, 0.25) is 0 Å². The third-order valence-electron chi connectivity index (χ3n) is 2.70. The standard InChI is InChI=1S/C15H26.C3H8/c1-7-10-14(15(4,5)6)12-9-11-13(3)8-2;1-3-2/h7,9-10,12-13H,1,8,11H2,2-6H3;3H2,1-2H3/b12-9-,14-10+;. The Morgan fingerprint density at radius 2 is 1.67 bits per heavy atom. The van der Waals surface area contributed by atoms with Crippen molar-refractivity contribution in [3.05, 3.63) is 36.5 Å². The number of rotatable bonds is 5. The van der Waals surface area contributed by atoms with Crippen LogP contribution in [0, 0.1) is 11.3 Å². The Labute approximate surface area is 116 Å². The molecule has 0 amide bonds. The van der Waals surface area contributed by atoms with Gasteiger partial charge in [0.25, 0.3) is 0 Å². The van der Waals surface area contributed by atoms with E-state index >= 15 is 0 Å². The fraction of sp³-hybridized carbons (Fsp3) is 0.667. The lowest BCUT2D eigenvalue weighted by atomic mass is 9.85. The van der Waals surface area contributed by atoms with Crippen LogP contribution in [0.3, 0.4) is 0 Å². The highest BCUT2D eigenvalue weighted by Gasteiger charge is 2.13.